The molecule has 6 heteroatoms. The summed E-state index contributed by atoms with van der Waals surface area (Å²) < 4.78 is 5.24. The zero-order valence-corrected chi connectivity index (χ0v) is 11.6. The van der Waals surface area contributed by atoms with E-state index in [0.717, 1.165) is 0 Å². The van der Waals surface area contributed by atoms with Crippen LogP contribution in [-0.4, -0.2) is 34.2 Å². The third-order valence-electron chi connectivity index (χ3n) is 2.54. The summed E-state index contributed by atoms with van der Waals surface area (Å²) in [6.07, 6.45) is 3.70. The van der Waals surface area contributed by atoms with Crippen LogP contribution >= 0.6 is 0 Å². The van der Waals surface area contributed by atoms with E-state index in [1.807, 2.05) is 20.8 Å². The topological polar surface area (TPSA) is 84.3 Å². The zero-order chi connectivity index (χ0) is 14.3. The van der Waals surface area contributed by atoms with Gasteiger partial charge in [-0.3, -0.25) is 9.78 Å². The first-order chi connectivity index (χ1) is 9.02. The van der Waals surface area contributed by atoms with E-state index in [4.69, 9.17) is 9.84 Å². The van der Waals surface area contributed by atoms with Gasteiger partial charge < -0.3 is 15.2 Å². The van der Waals surface area contributed by atoms with Crippen molar-refractivity contribution in [1.29, 1.82) is 0 Å². The predicted molar refractivity (Wildman–Crippen MR) is 72.3 cm³/mol. The number of carboxylic acid groups (broad SMARTS) is 1. The maximum atomic E-state index is 11.1. The van der Waals surface area contributed by atoms with Crippen LogP contribution in [0.4, 0.5) is 5.82 Å². The fourth-order valence-electron chi connectivity index (χ4n) is 1.72. The van der Waals surface area contributed by atoms with Crippen molar-refractivity contribution < 1.29 is 14.6 Å². The Morgan fingerprint density at radius 2 is 2.21 bits per heavy atom. The Bertz CT molecular complexity index is 410. The van der Waals surface area contributed by atoms with E-state index in [1.54, 1.807) is 6.20 Å². The second-order valence-corrected chi connectivity index (χ2v) is 4.72. The minimum Gasteiger partial charge on any atom is -0.481 e. The number of rotatable bonds is 8. The molecule has 0 aliphatic rings. The Kier molecular flexibility index (Phi) is 6.05. The van der Waals surface area contributed by atoms with Crippen molar-refractivity contribution in [3.05, 3.63) is 12.4 Å². The number of hydrogen-bond acceptors (Lipinski definition) is 5. The maximum absolute atomic E-state index is 11.1. The molecule has 0 aliphatic carbocycles. The SMILES string of the molecule is CCOc1cncc(NCC(CC(C)C)C(=O)O)n1. The first-order valence-corrected chi connectivity index (χ1v) is 6.44. The number of nitrogens with zero attached hydrogens (tertiary/aromatic N) is 2. The Hall–Kier alpha value is -1.85. The molecule has 106 valence electrons. The molecule has 1 rings (SSSR count). The van der Waals surface area contributed by atoms with E-state index < -0.39 is 11.9 Å². The summed E-state index contributed by atoms with van der Waals surface area (Å²) in [4.78, 5) is 19.3. The number of carbonyl (C=O) groups is 1. The lowest BCUT2D eigenvalue weighted by molar-refractivity contribution is -0.141. The van der Waals surface area contributed by atoms with Crippen LogP contribution in [-0.2, 0) is 4.79 Å². The van der Waals surface area contributed by atoms with E-state index in [2.05, 4.69) is 15.3 Å². The Morgan fingerprint density at radius 3 is 2.79 bits per heavy atom. The molecule has 0 saturated carbocycles. The standard InChI is InChI=1S/C13H21N3O3/c1-4-19-12-8-14-7-11(16-12)15-6-10(13(17)18)5-9(2)3/h7-10H,4-6H2,1-3H3,(H,15,16)(H,17,18). The maximum Gasteiger partial charge on any atom is 0.308 e. The fourth-order valence-corrected chi connectivity index (χ4v) is 1.72. The van der Waals surface area contributed by atoms with E-state index in [-0.39, 0.29) is 0 Å². The highest BCUT2D eigenvalue weighted by atomic mass is 16.5. The molecule has 0 spiro atoms. The van der Waals surface area contributed by atoms with Crippen molar-refractivity contribution in [1.82, 2.24) is 9.97 Å². The molecule has 1 aromatic heterocycles. The van der Waals surface area contributed by atoms with Crippen LogP contribution in [0.25, 0.3) is 0 Å². The van der Waals surface area contributed by atoms with Crippen LogP contribution in [0.5, 0.6) is 5.88 Å². The van der Waals surface area contributed by atoms with Gasteiger partial charge in [-0.05, 0) is 19.3 Å². The second-order valence-electron chi connectivity index (χ2n) is 4.72. The molecule has 0 fully saturated rings. The van der Waals surface area contributed by atoms with Crippen molar-refractivity contribution in [2.75, 3.05) is 18.5 Å². The first kappa shape index (κ1) is 15.2. The quantitative estimate of drug-likeness (QED) is 0.749. The van der Waals surface area contributed by atoms with Crippen molar-refractivity contribution in [2.45, 2.75) is 27.2 Å². The highest BCUT2D eigenvalue weighted by Gasteiger charge is 2.18. The van der Waals surface area contributed by atoms with Gasteiger partial charge in [-0.1, -0.05) is 13.8 Å². The van der Waals surface area contributed by atoms with Gasteiger partial charge in [0.05, 0.1) is 24.9 Å². The van der Waals surface area contributed by atoms with Gasteiger partial charge in [0.1, 0.15) is 5.82 Å². The third-order valence-corrected chi connectivity index (χ3v) is 2.54. The zero-order valence-electron chi connectivity index (χ0n) is 11.6. The number of aromatic nitrogens is 2. The van der Waals surface area contributed by atoms with E-state index >= 15 is 0 Å². The van der Waals surface area contributed by atoms with E-state index in [9.17, 15) is 4.79 Å². The average Bonchev–Trinajstić information content (AvgIpc) is 2.34. The molecule has 2 N–H and O–H groups in total. The predicted octanol–water partition coefficient (Wildman–Crippen LogP) is 2.03. The molecule has 1 aromatic rings. The number of nitrogens with one attached hydrogen (secondary N) is 1. The highest BCUT2D eigenvalue weighted by Crippen LogP contribution is 2.14. The van der Waals surface area contributed by atoms with Crippen LogP contribution in [0, 0.1) is 11.8 Å². The first-order valence-electron chi connectivity index (χ1n) is 6.44. The largest absolute Gasteiger partial charge is 0.481 e. The molecule has 1 atom stereocenters. The van der Waals surface area contributed by atoms with Crippen molar-refractivity contribution in [2.24, 2.45) is 11.8 Å². The summed E-state index contributed by atoms with van der Waals surface area (Å²) in [5, 5.41) is 12.1. The third kappa shape index (κ3) is 5.54. The van der Waals surface area contributed by atoms with Crippen LogP contribution in [0.15, 0.2) is 12.4 Å². The number of anilines is 1. The summed E-state index contributed by atoms with van der Waals surface area (Å²) in [6, 6.07) is 0. The number of hydrogen-bond donors (Lipinski definition) is 2. The lowest BCUT2D eigenvalue weighted by Gasteiger charge is -2.15. The van der Waals surface area contributed by atoms with Crippen LogP contribution in [0.2, 0.25) is 0 Å². The van der Waals surface area contributed by atoms with Crippen LogP contribution in [0.1, 0.15) is 27.2 Å². The molecule has 0 radical (unpaired) electrons. The van der Waals surface area contributed by atoms with Crippen LogP contribution < -0.4 is 10.1 Å². The average molecular weight is 267 g/mol. The minimum atomic E-state index is -0.796. The molecular weight excluding hydrogens is 246 g/mol. The number of ether oxygens (including phenoxy) is 1. The molecular formula is C13H21N3O3. The second kappa shape index (κ2) is 7.56. The summed E-state index contributed by atoms with van der Waals surface area (Å²) in [5.41, 5.74) is 0. The van der Waals surface area contributed by atoms with Gasteiger partial charge in [0, 0.05) is 6.54 Å². The van der Waals surface area contributed by atoms with Gasteiger partial charge in [-0.2, -0.15) is 4.98 Å². The van der Waals surface area contributed by atoms with Gasteiger partial charge in [-0.25, -0.2) is 0 Å². The van der Waals surface area contributed by atoms with Crippen molar-refractivity contribution in [3.63, 3.8) is 0 Å². The highest BCUT2D eigenvalue weighted by molar-refractivity contribution is 5.70. The summed E-state index contributed by atoms with van der Waals surface area (Å²) in [6.45, 7) is 6.72. The van der Waals surface area contributed by atoms with Crippen molar-refractivity contribution in [3.8, 4) is 5.88 Å². The lowest BCUT2D eigenvalue weighted by Crippen LogP contribution is -2.24. The van der Waals surface area contributed by atoms with Crippen molar-refractivity contribution >= 4 is 11.8 Å². The summed E-state index contributed by atoms with van der Waals surface area (Å²) >= 11 is 0. The fraction of sp³-hybridized carbons (Fsp3) is 0.615. The number of aliphatic carboxylic acids is 1. The molecule has 0 aromatic carbocycles. The Labute approximate surface area is 113 Å². The van der Waals surface area contributed by atoms with Gasteiger partial charge in [0.25, 0.3) is 0 Å². The van der Waals surface area contributed by atoms with E-state index in [0.29, 0.717) is 37.2 Å². The summed E-state index contributed by atoms with van der Waals surface area (Å²) in [7, 11) is 0. The van der Waals surface area contributed by atoms with E-state index in [1.165, 1.54) is 6.20 Å². The monoisotopic (exact) mass is 267 g/mol. The lowest BCUT2D eigenvalue weighted by atomic mass is 9.97. The van der Waals surface area contributed by atoms with Gasteiger partial charge >= 0.3 is 5.97 Å². The minimum absolute atomic E-state index is 0.331. The molecule has 1 unspecified atom stereocenters. The Balaban J connectivity index is 2.58. The van der Waals surface area contributed by atoms with Gasteiger partial charge in [0.15, 0.2) is 0 Å². The molecule has 6 nitrogen and oxygen atoms in total. The molecule has 1 heterocycles. The number of carboxylic acids is 1. The van der Waals surface area contributed by atoms with Crippen LogP contribution in [0.3, 0.4) is 0 Å². The molecule has 0 bridgehead atoms. The smallest absolute Gasteiger partial charge is 0.308 e. The molecule has 0 aliphatic heterocycles. The van der Waals surface area contributed by atoms with Gasteiger partial charge in [-0.15, -0.1) is 0 Å². The summed E-state index contributed by atoms with van der Waals surface area (Å²) in [5.74, 6) is 0.0700. The normalized spacial score (nSPS) is 12.2. The van der Waals surface area contributed by atoms with Gasteiger partial charge in [0.2, 0.25) is 5.88 Å². The molecule has 0 saturated heterocycles. The molecule has 0 amide bonds. The Morgan fingerprint density at radius 1 is 1.47 bits per heavy atom. The molecule has 19 heavy (non-hydrogen) atoms.